The molecule has 5 nitrogen and oxygen atoms in total. The zero-order chi connectivity index (χ0) is 14.6. The fourth-order valence-electron chi connectivity index (χ4n) is 1.03. The van der Waals surface area contributed by atoms with Crippen molar-refractivity contribution in [2.45, 2.75) is 26.3 Å². The number of nitrogens with two attached hydrogens (primary N) is 1. The van der Waals surface area contributed by atoms with E-state index < -0.39 is 18.9 Å². The van der Waals surface area contributed by atoms with E-state index in [9.17, 15) is 9.36 Å². The van der Waals surface area contributed by atoms with Crippen molar-refractivity contribution >= 4 is 24.6 Å². The summed E-state index contributed by atoms with van der Waals surface area (Å²) >= 11 is 5.03. The number of hydrogen-bond donors (Lipinski definition) is 1. The van der Waals surface area contributed by atoms with Crippen LogP contribution in [-0.4, -0.2) is 11.5 Å². The van der Waals surface area contributed by atoms with E-state index in [1.807, 2.05) is 24.3 Å². The Kier molecular flexibility index (Phi) is 5.41. The molecule has 0 spiro atoms. The summed E-state index contributed by atoms with van der Waals surface area (Å²) in [5, 5.41) is 0. The van der Waals surface area contributed by atoms with Crippen molar-refractivity contribution < 1.29 is 18.6 Å². The molecule has 0 amide bonds. The minimum Gasteiger partial charge on any atom is -0.450 e. The molecule has 2 rings (SSSR count). The van der Waals surface area contributed by atoms with Gasteiger partial charge in [0, 0.05) is 0 Å². The molecule has 1 aromatic rings. The number of benzene rings is 1. The molecule has 1 aliphatic rings. The first kappa shape index (κ1) is 16.0. The van der Waals surface area contributed by atoms with Gasteiger partial charge in [0.15, 0.2) is 11.5 Å². The monoisotopic (exact) mass is 305 g/mol. The van der Waals surface area contributed by atoms with Crippen molar-refractivity contribution in [3.63, 3.8) is 0 Å². The Bertz CT molecular complexity index is 469. The SMILES string of the molecule is CC(C)C(C)(N)C(=O)O[PH](=O)Cl.c1ccc2c(c1)O2. The Morgan fingerprint density at radius 1 is 1.42 bits per heavy atom. The Labute approximate surface area is 117 Å². The van der Waals surface area contributed by atoms with E-state index in [2.05, 4.69) is 4.52 Å². The summed E-state index contributed by atoms with van der Waals surface area (Å²) in [6, 6.07) is 7.84. The number of para-hydroxylation sites is 2. The second-order valence-electron chi connectivity index (χ2n) is 4.61. The highest BCUT2D eigenvalue weighted by molar-refractivity contribution is 7.70. The highest BCUT2D eigenvalue weighted by atomic mass is 35.7. The minimum absolute atomic E-state index is 0.0944. The van der Waals surface area contributed by atoms with Gasteiger partial charge in [0.05, 0.1) is 0 Å². The summed E-state index contributed by atoms with van der Waals surface area (Å²) in [5.74, 6) is 1.24. The van der Waals surface area contributed by atoms with E-state index in [4.69, 9.17) is 21.7 Å². The third-order valence-electron chi connectivity index (χ3n) is 2.84. The summed E-state index contributed by atoms with van der Waals surface area (Å²) in [6.07, 6.45) is 0. The first-order chi connectivity index (χ1) is 8.75. The van der Waals surface area contributed by atoms with Crippen LogP contribution < -0.4 is 10.5 Å². The molecule has 0 aliphatic carbocycles. The fourth-order valence-corrected chi connectivity index (χ4v) is 1.61. The predicted molar refractivity (Wildman–Crippen MR) is 74.9 cm³/mol. The van der Waals surface area contributed by atoms with Crippen molar-refractivity contribution in [2.24, 2.45) is 11.7 Å². The van der Waals surface area contributed by atoms with E-state index in [-0.39, 0.29) is 5.92 Å². The first-order valence-corrected chi connectivity index (χ1v) is 8.05. The molecular weight excluding hydrogens is 289 g/mol. The van der Waals surface area contributed by atoms with Gasteiger partial charge in [-0.15, -0.1) is 0 Å². The van der Waals surface area contributed by atoms with Gasteiger partial charge in [-0.2, -0.15) is 0 Å². The lowest BCUT2D eigenvalue weighted by atomic mass is 9.90. The quantitative estimate of drug-likeness (QED) is 0.695. The largest absolute Gasteiger partial charge is 0.450 e. The van der Waals surface area contributed by atoms with E-state index in [1.165, 1.54) is 6.92 Å². The number of hydrogen-bond acceptors (Lipinski definition) is 5. The van der Waals surface area contributed by atoms with E-state index in [1.54, 1.807) is 13.8 Å². The van der Waals surface area contributed by atoms with Crippen molar-refractivity contribution in [2.75, 3.05) is 0 Å². The number of fused-ring (bicyclic) bond motifs is 1. The molecule has 0 bridgehead atoms. The lowest BCUT2D eigenvalue weighted by Crippen LogP contribution is -2.49. The summed E-state index contributed by atoms with van der Waals surface area (Å²) < 4.78 is 19.6. The average molecular weight is 306 g/mol. The van der Waals surface area contributed by atoms with Crippen LogP contribution in [0.1, 0.15) is 20.8 Å². The molecule has 7 heteroatoms. The summed E-state index contributed by atoms with van der Waals surface area (Å²) in [4.78, 5) is 11.1. The van der Waals surface area contributed by atoms with Crippen LogP contribution in [0.15, 0.2) is 24.3 Å². The fraction of sp³-hybridized carbons (Fsp3) is 0.417. The van der Waals surface area contributed by atoms with E-state index in [0.717, 1.165) is 11.5 Å². The maximum atomic E-state index is 11.1. The average Bonchev–Trinajstić information content (AvgIpc) is 3.07. The van der Waals surface area contributed by atoms with Crippen molar-refractivity contribution in [3.05, 3.63) is 24.3 Å². The van der Waals surface area contributed by atoms with Gasteiger partial charge in [-0.25, -0.2) is 4.79 Å². The zero-order valence-corrected chi connectivity index (χ0v) is 12.7. The Balaban J connectivity index is 0.000000213. The molecule has 2 atom stereocenters. The zero-order valence-electron chi connectivity index (χ0n) is 11.0. The molecule has 0 aromatic heterocycles. The lowest BCUT2D eigenvalue weighted by molar-refractivity contribution is -0.140. The maximum absolute atomic E-state index is 11.1. The molecule has 0 saturated heterocycles. The topological polar surface area (TPSA) is 81.9 Å². The van der Waals surface area contributed by atoms with Gasteiger partial charge in [0.2, 0.25) is 0 Å². The molecular formula is C12H17ClNO4P. The van der Waals surface area contributed by atoms with Crippen molar-refractivity contribution in [1.82, 2.24) is 0 Å². The predicted octanol–water partition coefficient (Wildman–Crippen LogP) is 3.32. The number of carbonyl (C=O) groups excluding carboxylic acids is 1. The van der Waals surface area contributed by atoms with Gasteiger partial charge in [0.1, 0.15) is 5.54 Å². The molecule has 106 valence electrons. The number of carbonyl (C=O) groups is 1. The second kappa shape index (κ2) is 6.42. The molecule has 0 fully saturated rings. The summed E-state index contributed by atoms with van der Waals surface area (Å²) in [5.41, 5.74) is 4.47. The Morgan fingerprint density at radius 3 is 2.21 bits per heavy atom. The van der Waals surface area contributed by atoms with Crippen LogP contribution in [0.5, 0.6) is 11.5 Å². The standard InChI is InChI=1S/C6H13ClNO3P.C6H4O/c1-4(2)6(3,8)5(9)11-12(7)10;1-2-4-6-5(3-1)7-6/h4,12H,8H2,1-3H3;1-4H. The summed E-state index contributed by atoms with van der Waals surface area (Å²) in [7, 11) is -2.76. The minimum atomic E-state index is -2.76. The lowest BCUT2D eigenvalue weighted by Gasteiger charge is -2.25. The molecule has 19 heavy (non-hydrogen) atoms. The molecule has 0 saturated carbocycles. The smallest absolute Gasteiger partial charge is 0.331 e. The van der Waals surface area contributed by atoms with E-state index in [0.29, 0.717) is 0 Å². The Hall–Kier alpha value is -1.03. The highest BCUT2D eigenvalue weighted by Gasteiger charge is 2.34. The Morgan fingerprint density at radius 2 is 1.89 bits per heavy atom. The molecule has 2 N–H and O–H groups in total. The van der Waals surface area contributed by atoms with Crippen LogP contribution in [0.3, 0.4) is 0 Å². The van der Waals surface area contributed by atoms with Gasteiger partial charge < -0.3 is 15.0 Å². The van der Waals surface area contributed by atoms with Crippen LogP contribution in [0, 0.1) is 5.92 Å². The van der Waals surface area contributed by atoms with E-state index >= 15 is 0 Å². The van der Waals surface area contributed by atoms with Crippen LogP contribution in [0.25, 0.3) is 0 Å². The van der Waals surface area contributed by atoms with Crippen LogP contribution in [0.4, 0.5) is 0 Å². The summed E-state index contributed by atoms with van der Waals surface area (Å²) in [6.45, 7) is 5.06. The van der Waals surface area contributed by atoms with Gasteiger partial charge in [-0.1, -0.05) is 26.0 Å². The molecule has 2 unspecified atom stereocenters. The van der Waals surface area contributed by atoms with Crippen molar-refractivity contribution in [1.29, 1.82) is 0 Å². The highest BCUT2D eigenvalue weighted by Crippen LogP contribution is 2.43. The van der Waals surface area contributed by atoms with Gasteiger partial charge >= 0.3 is 13.3 Å². The van der Waals surface area contributed by atoms with Crippen LogP contribution >= 0.6 is 18.6 Å². The molecule has 1 aromatic carbocycles. The van der Waals surface area contributed by atoms with Gasteiger partial charge in [-0.05, 0) is 36.2 Å². The maximum Gasteiger partial charge on any atom is 0.331 e. The number of ether oxygens (including phenoxy) is 1. The normalized spacial score (nSPS) is 16.1. The molecule has 0 radical (unpaired) electrons. The second-order valence-corrected chi connectivity index (χ2v) is 6.22. The molecule has 1 aliphatic heterocycles. The number of rotatable bonds is 3. The van der Waals surface area contributed by atoms with Crippen LogP contribution in [-0.2, 0) is 13.9 Å². The third kappa shape index (κ3) is 4.86. The molecule has 1 heterocycles. The van der Waals surface area contributed by atoms with Gasteiger partial charge in [-0.3, -0.25) is 4.57 Å². The third-order valence-corrected chi connectivity index (χ3v) is 3.42. The first-order valence-electron chi connectivity index (χ1n) is 5.72. The number of halogens is 1. The van der Waals surface area contributed by atoms with Gasteiger partial charge in [0.25, 0.3) is 0 Å². The van der Waals surface area contributed by atoms with Crippen LogP contribution in [0.2, 0.25) is 0 Å². The van der Waals surface area contributed by atoms with Crippen molar-refractivity contribution in [3.8, 4) is 11.5 Å².